The maximum Gasteiger partial charge on any atom is 2.00 e. The van der Waals surface area contributed by atoms with E-state index in [2.05, 4.69) is 109 Å². The first-order chi connectivity index (χ1) is 39.9. The van der Waals surface area contributed by atoms with Crippen LogP contribution in [0, 0.1) is 85.4 Å². The van der Waals surface area contributed by atoms with Gasteiger partial charge in [-0.1, -0.05) is 192 Å². The van der Waals surface area contributed by atoms with Crippen LogP contribution in [0.3, 0.4) is 0 Å². The van der Waals surface area contributed by atoms with Gasteiger partial charge < -0.3 is 19.1 Å². The van der Waals surface area contributed by atoms with E-state index in [0.717, 1.165) is 83.6 Å². The van der Waals surface area contributed by atoms with Crippen molar-refractivity contribution >= 4 is 43.5 Å². The first-order valence-electron chi connectivity index (χ1n) is 32.4. The van der Waals surface area contributed by atoms with E-state index >= 15 is 0 Å². The fourth-order valence-electron chi connectivity index (χ4n) is 15.3. The minimum atomic E-state index is -2.82. The van der Waals surface area contributed by atoms with E-state index in [-0.39, 0.29) is 83.0 Å². The summed E-state index contributed by atoms with van der Waals surface area (Å²) in [6.07, 6.45) is 12.8. The molecule has 76 heavy (non-hydrogen) atoms. The third kappa shape index (κ3) is 9.66. The van der Waals surface area contributed by atoms with Crippen molar-refractivity contribution in [2.24, 2.45) is 45.8 Å². The number of furan rings is 1. The Balaban J connectivity index is 0.00000768. The van der Waals surface area contributed by atoms with Gasteiger partial charge in [-0.3, -0.25) is 0 Å². The van der Waals surface area contributed by atoms with Crippen molar-refractivity contribution < 1.29 is 43.9 Å². The fraction of sp³-hybridized carbons (Fsp3) is 0.408. The zero-order valence-electron chi connectivity index (χ0n) is 55.2. The number of aromatic nitrogens is 2. The number of ether oxygens (including phenoxy) is 1. The van der Waals surface area contributed by atoms with Crippen LogP contribution in [-0.2, 0) is 21.1 Å². The molecule has 392 valence electrons. The van der Waals surface area contributed by atoms with Gasteiger partial charge in [0.25, 0.3) is 0 Å². The van der Waals surface area contributed by atoms with E-state index in [4.69, 9.17) is 26.5 Å². The maximum atomic E-state index is 10.00. The summed E-state index contributed by atoms with van der Waals surface area (Å²) in [7, 11) is 0. The Morgan fingerprint density at radius 3 is 2.18 bits per heavy atom. The van der Waals surface area contributed by atoms with Crippen molar-refractivity contribution in [2.75, 3.05) is 0 Å². The van der Waals surface area contributed by atoms with Crippen LogP contribution in [0.15, 0.2) is 120 Å². The van der Waals surface area contributed by atoms with Crippen molar-refractivity contribution in [1.82, 2.24) is 9.97 Å². The van der Waals surface area contributed by atoms with E-state index in [1.54, 1.807) is 30.3 Å². The van der Waals surface area contributed by atoms with Crippen LogP contribution in [0.5, 0.6) is 11.5 Å². The molecule has 12 rings (SSSR count). The van der Waals surface area contributed by atoms with Crippen LogP contribution in [0.4, 0.5) is 0 Å². The van der Waals surface area contributed by atoms with Crippen LogP contribution in [0.1, 0.15) is 154 Å². The first kappa shape index (κ1) is 41.5. The van der Waals surface area contributed by atoms with E-state index in [9.17, 15) is 1.37 Å². The van der Waals surface area contributed by atoms with Crippen LogP contribution < -0.4 is 4.74 Å². The second-order valence-electron chi connectivity index (χ2n) is 25.1. The van der Waals surface area contributed by atoms with Gasteiger partial charge in [-0.15, -0.1) is 11.6 Å². The van der Waals surface area contributed by atoms with Gasteiger partial charge in [-0.25, -0.2) is 0 Å². The molecular formula is C71H76N2O2Pt. The van der Waals surface area contributed by atoms with Crippen LogP contribution in [0.25, 0.3) is 77.1 Å². The summed E-state index contributed by atoms with van der Waals surface area (Å²) < 4.78 is 101. The van der Waals surface area contributed by atoms with Crippen molar-refractivity contribution in [3.05, 3.63) is 155 Å². The van der Waals surface area contributed by atoms with E-state index < -0.39 is 31.7 Å². The third-order valence-electron chi connectivity index (χ3n) is 18.2. The SMILES string of the molecule is [2H]C([2H])([2H])c1cnc(-c2[c-]c(Oc3[c-]c(-c4cc(C5CCC(C)(C6CCC(C7([2H])CC(C)(C)CC(C)(C)C7)CC6C)CC5C)c(C)cn4)c4oc5c(ccc6ccc7ccccc7c65)c4c3)c(C([2H])([2H])[2H])c(-c3ccccc3)c2)cc1C([2H])([2H])[2H].[Pt+2]. The van der Waals surface area contributed by atoms with Gasteiger partial charge in [-0.05, 0) is 180 Å². The molecule has 0 radical (unpaired) electrons. The van der Waals surface area contributed by atoms with Crippen molar-refractivity contribution in [2.45, 2.75) is 140 Å². The Kier molecular flexibility index (Phi) is 10.9. The summed E-state index contributed by atoms with van der Waals surface area (Å²) in [5, 5.41) is 5.57. The van der Waals surface area contributed by atoms with Crippen molar-refractivity contribution in [3.8, 4) is 45.1 Å². The molecule has 3 heterocycles. The molecule has 9 aromatic rings. The third-order valence-corrected chi connectivity index (χ3v) is 18.2. The Hall–Kier alpha value is -5.57. The molecule has 3 fully saturated rings. The predicted molar refractivity (Wildman–Crippen MR) is 313 cm³/mol. The first-order valence-corrected chi connectivity index (χ1v) is 27.4. The summed E-state index contributed by atoms with van der Waals surface area (Å²) in [5.74, 6) is 1.82. The number of aryl methyl sites for hydroxylation is 3. The number of rotatable bonds is 8. The van der Waals surface area contributed by atoms with E-state index in [1.165, 1.54) is 24.5 Å². The fourth-order valence-corrected chi connectivity index (χ4v) is 15.3. The minimum Gasteiger partial charge on any atom is -0.500 e. The van der Waals surface area contributed by atoms with Gasteiger partial charge in [0.05, 0.1) is 5.58 Å². The molecule has 0 N–H and O–H groups in total. The average Bonchev–Trinajstić information content (AvgIpc) is 1.51. The van der Waals surface area contributed by atoms with Crippen LogP contribution >= 0.6 is 0 Å². The molecule has 0 aliphatic heterocycles. The zero-order valence-corrected chi connectivity index (χ0v) is 47.5. The van der Waals surface area contributed by atoms with Gasteiger partial charge in [0.1, 0.15) is 5.58 Å². The molecule has 5 heteroatoms. The quantitative estimate of drug-likeness (QED) is 0.112. The molecule has 0 amide bonds. The topological polar surface area (TPSA) is 48.2 Å². The Morgan fingerprint density at radius 2 is 1.42 bits per heavy atom. The molecule has 3 aromatic heterocycles. The number of nitrogens with zero attached hydrogens (tertiary/aromatic N) is 2. The van der Waals surface area contributed by atoms with E-state index in [1.807, 2.05) is 36.5 Å². The molecule has 6 aromatic carbocycles. The van der Waals surface area contributed by atoms with Gasteiger partial charge >= 0.3 is 21.1 Å². The maximum absolute atomic E-state index is 10.00. The number of hydrogen-bond donors (Lipinski definition) is 0. The molecule has 0 spiro atoms. The van der Waals surface area contributed by atoms with Crippen LogP contribution in [0.2, 0.25) is 0 Å². The predicted octanol–water partition coefficient (Wildman–Crippen LogP) is 20.1. The normalized spacial score (nSPS) is 26.6. The number of fused-ring (bicyclic) bond motifs is 7. The monoisotopic (exact) mass is 1190 g/mol. The molecular weight excluding hydrogens is 1110 g/mol. The van der Waals surface area contributed by atoms with Crippen molar-refractivity contribution in [1.29, 1.82) is 0 Å². The summed E-state index contributed by atoms with van der Waals surface area (Å²) in [6.45, 7) is 10.8. The molecule has 3 aliphatic rings. The number of pyridine rings is 2. The standard InChI is InChI=1S/C71H76N2O2.Pt/c1-42-30-63(72-39-45(42)4)52-31-59(48-17-13-12-14-18-48)47(6)65(32-52)74-54-33-60-57-25-23-50-22-21-49-19-15-16-20-56(49)66(50)68(57)75-67(60)61(34-54)64-35-58(46(5)40-73-64)55-27-28-71(11,36-44(55)3)62-26-24-51(29-43(62)2)53-37-69(7,8)41-70(9,10)38-53;/h12-23,25,30-31,33,35,39-40,43-44,51,53,55,62H,24,26-29,36-38,41H2,1-11H3;/q-2;+2/i1D3,4D3,6D3,53D;. The molecule has 4 nitrogen and oxygen atoms in total. The molecule has 0 bridgehead atoms. The second-order valence-corrected chi connectivity index (χ2v) is 25.1. The molecule has 3 saturated carbocycles. The number of benzene rings is 6. The van der Waals surface area contributed by atoms with Gasteiger partial charge in [-0.2, -0.15) is 0 Å². The molecule has 3 aliphatic carbocycles. The number of hydrogen-bond acceptors (Lipinski definition) is 4. The van der Waals surface area contributed by atoms with Crippen LogP contribution in [-0.4, -0.2) is 9.97 Å². The molecule has 6 atom stereocenters. The largest absolute Gasteiger partial charge is 2.00 e. The zero-order chi connectivity index (χ0) is 60.6. The Bertz CT molecular complexity index is 4060. The Morgan fingerprint density at radius 1 is 0.684 bits per heavy atom. The summed E-state index contributed by atoms with van der Waals surface area (Å²) >= 11 is 0. The summed E-state index contributed by atoms with van der Waals surface area (Å²) in [5.41, 5.74) is 5.37. The van der Waals surface area contributed by atoms with Gasteiger partial charge in [0.2, 0.25) is 0 Å². The minimum absolute atomic E-state index is 0. The molecule has 0 saturated heterocycles. The van der Waals surface area contributed by atoms with E-state index in [0.29, 0.717) is 57.0 Å². The van der Waals surface area contributed by atoms with Crippen molar-refractivity contribution in [3.63, 3.8) is 0 Å². The smallest absolute Gasteiger partial charge is 0.500 e. The van der Waals surface area contributed by atoms with Gasteiger partial charge in [0, 0.05) is 48.4 Å². The molecule has 6 unspecified atom stereocenters. The second kappa shape index (κ2) is 20.0. The summed E-state index contributed by atoms with van der Waals surface area (Å²) in [6, 6.07) is 39.2. The van der Waals surface area contributed by atoms with Gasteiger partial charge in [0.15, 0.2) is 0 Å². The average molecular weight is 1190 g/mol. The Labute approximate surface area is 481 Å². The summed E-state index contributed by atoms with van der Waals surface area (Å²) in [4.78, 5) is 9.64.